The topological polar surface area (TPSA) is 37.3 Å². The summed E-state index contributed by atoms with van der Waals surface area (Å²) in [7, 11) is 0. The minimum Gasteiger partial charge on any atom is -0.481 e. The summed E-state index contributed by atoms with van der Waals surface area (Å²) in [4.78, 5) is 10.4. The van der Waals surface area contributed by atoms with Crippen LogP contribution in [0.15, 0.2) is 12.2 Å². The van der Waals surface area contributed by atoms with E-state index in [1.165, 1.54) is 57.8 Å². The zero-order chi connectivity index (χ0) is 14.6. The second-order valence-electron chi connectivity index (χ2n) is 6.32. The van der Waals surface area contributed by atoms with Crippen molar-refractivity contribution in [2.24, 2.45) is 11.8 Å². The van der Waals surface area contributed by atoms with Crippen LogP contribution in [0.25, 0.3) is 0 Å². The van der Waals surface area contributed by atoms with E-state index >= 15 is 0 Å². The molecule has 0 fully saturated rings. The van der Waals surface area contributed by atoms with E-state index in [-0.39, 0.29) is 0 Å². The van der Waals surface area contributed by atoms with Crippen molar-refractivity contribution in [3.05, 3.63) is 12.2 Å². The van der Waals surface area contributed by atoms with Crippen LogP contribution in [-0.4, -0.2) is 11.1 Å². The molecule has 1 aliphatic rings. The Balaban J connectivity index is 2.00. The summed E-state index contributed by atoms with van der Waals surface area (Å²) in [6.07, 6.45) is 19.1. The third kappa shape index (κ3) is 8.39. The standard InChI is InChI=1S/C18H32O2/c1-2-3-6-9-16-12-14-17(15-13-16)10-7-4-5-8-11-18(19)20/h12,14,16-17H,2-11,13,15H2,1H3,(H,19,20). The summed E-state index contributed by atoms with van der Waals surface area (Å²) in [5.74, 6) is 0.972. The molecule has 116 valence electrons. The SMILES string of the molecule is CCCCCC1C=CC(CCCCCCC(=O)O)CC1. The van der Waals surface area contributed by atoms with Crippen LogP contribution in [0.2, 0.25) is 0 Å². The van der Waals surface area contributed by atoms with Gasteiger partial charge in [0.25, 0.3) is 0 Å². The summed E-state index contributed by atoms with van der Waals surface area (Å²) in [5, 5.41) is 8.57. The van der Waals surface area contributed by atoms with Gasteiger partial charge in [0, 0.05) is 6.42 Å². The fraction of sp³-hybridized carbons (Fsp3) is 0.833. The number of hydrogen-bond donors (Lipinski definition) is 1. The van der Waals surface area contributed by atoms with Gasteiger partial charge < -0.3 is 5.11 Å². The monoisotopic (exact) mass is 280 g/mol. The summed E-state index contributed by atoms with van der Waals surface area (Å²) in [5.41, 5.74) is 0. The highest BCUT2D eigenvalue weighted by Crippen LogP contribution is 2.29. The van der Waals surface area contributed by atoms with E-state index in [9.17, 15) is 4.79 Å². The molecule has 0 bridgehead atoms. The third-order valence-corrected chi connectivity index (χ3v) is 4.46. The van der Waals surface area contributed by atoms with Crippen molar-refractivity contribution in [3.8, 4) is 0 Å². The smallest absolute Gasteiger partial charge is 0.303 e. The molecule has 0 radical (unpaired) electrons. The third-order valence-electron chi connectivity index (χ3n) is 4.46. The lowest BCUT2D eigenvalue weighted by molar-refractivity contribution is -0.137. The van der Waals surface area contributed by atoms with Gasteiger partial charge in [-0.1, -0.05) is 57.6 Å². The molecule has 0 saturated heterocycles. The highest BCUT2D eigenvalue weighted by atomic mass is 16.4. The summed E-state index contributed by atoms with van der Waals surface area (Å²) in [6.45, 7) is 2.27. The average Bonchev–Trinajstić information content (AvgIpc) is 2.44. The number of carboxylic acids is 1. The van der Waals surface area contributed by atoms with Gasteiger partial charge in [0.2, 0.25) is 0 Å². The Morgan fingerprint density at radius 2 is 1.50 bits per heavy atom. The highest BCUT2D eigenvalue weighted by Gasteiger charge is 2.14. The average molecular weight is 280 g/mol. The first-order chi connectivity index (χ1) is 9.72. The van der Waals surface area contributed by atoms with Crippen LogP contribution in [0, 0.1) is 11.8 Å². The van der Waals surface area contributed by atoms with Crippen LogP contribution < -0.4 is 0 Å². The van der Waals surface area contributed by atoms with E-state index in [1.54, 1.807) is 0 Å². The Hall–Kier alpha value is -0.790. The zero-order valence-corrected chi connectivity index (χ0v) is 13.2. The zero-order valence-electron chi connectivity index (χ0n) is 13.2. The molecule has 0 aromatic rings. The largest absolute Gasteiger partial charge is 0.481 e. The number of aliphatic carboxylic acids is 1. The summed E-state index contributed by atoms with van der Waals surface area (Å²) in [6, 6.07) is 0. The number of carbonyl (C=O) groups is 1. The maximum atomic E-state index is 10.4. The maximum absolute atomic E-state index is 10.4. The first-order valence-corrected chi connectivity index (χ1v) is 8.62. The molecule has 1 aliphatic carbocycles. The fourth-order valence-electron chi connectivity index (χ4n) is 3.11. The number of carboxylic acid groups (broad SMARTS) is 1. The Morgan fingerprint density at radius 3 is 2.00 bits per heavy atom. The number of hydrogen-bond acceptors (Lipinski definition) is 1. The highest BCUT2D eigenvalue weighted by molar-refractivity contribution is 5.66. The number of unbranched alkanes of at least 4 members (excludes halogenated alkanes) is 5. The van der Waals surface area contributed by atoms with Crippen LogP contribution in [0.5, 0.6) is 0 Å². The molecular formula is C18H32O2. The molecule has 0 aromatic carbocycles. The number of allylic oxidation sites excluding steroid dienone is 2. The Kier molecular flexibility index (Phi) is 9.44. The van der Waals surface area contributed by atoms with Crippen molar-refractivity contribution in [2.75, 3.05) is 0 Å². The summed E-state index contributed by atoms with van der Waals surface area (Å²) < 4.78 is 0. The molecule has 0 spiro atoms. The fourth-order valence-corrected chi connectivity index (χ4v) is 3.11. The number of rotatable bonds is 11. The Labute approximate surface area is 124 Å². The lowest BCUT2D eigenvalue weighted by Crippen LogP contribution is -2.08. The van der Waals surface area contributed by atoms with Crippen LogP contribution in [0.1, 0.15) is 84.0 Å². The van der Waals surface area contributed by atoms with E-state index in [1.807, 2.05) is 0 Å². The van der Waals surface area contributed by atoms with Gasteiger partial charge in [0.05, 0.1) is 0 Å². The first-order valence-electron chi connectivity index (χ1n) is 8.62. The minimum absolute atomic E-state index is 0.336. The van der Waals surface area contributed by atoms with Gasteiger partial charge >= 0.3 is 5.97 Å². The predicted octanol–water partition coefficient (Wildman–Crippen LogP) is 5.57. The van der Waals surface area contributed by atoms with Crippen molar-refractivity contribution in [3.63, 3.8) is 0 Å². The quantitative estimate of drug-likeness (QED) is 0.396. The van der Waals surface area contributed by atoms with Crippen LogP contribution in [0.4, 0.5) is 0 Å². The van der Waals surface area contributed by atoms with Gasteiger partial charge in [0.1, 0.15) is 0 Å². The van der Waals surface area contributed by atoms with E-state index < -0.39 is 5.97 Å². The molecule has 20 heavy (non-hydrogen) atoms. The normalized spacial score (nSPS) is 22.1. The molecule has 0 saturated carbocycles. The molecule has 2 atom stereocenters. The van der Waals surface area contributed by atoms with Gasteiger partial charge in [-0.05, 0) is 43.9 Å². The van der Waals surface area contributed by atoms with Gasteiger partial charge in [-0.2, -0.15) is 0 Å². The van der Waals surface area contributed by atoms with Crippen molar-refractivity contribution in [1.82, 2.24) is 0 Å². The van der Waals surface area contributed by atoms with Crippen molar-refractivity contribution < 1.29 is 9.90 Å². The van der Waals surface area contributed by atoms with Gasteiger partial charge in [-0.3, -0.25) is 4.79 Å². The molecule has 0 heterocycles. The van der Waals surface area contributed by atoms with E-state index in [0.717, 1.165) is 24.7 Å². The van der Waals surface area contributed by atoms with Crippen LogP contribution in [-0.2, 0) is 4.79 Å². The Morgan fingerprint density at radius 1 is 0.950 bits per heavy atom. The van der Waals surface area contributed by atoms with Crippen LogP contribution in [0.3, 0.4) is 0 Å². The second-order valence-corrected chi connectivity index (χ2v) is 6.32. The molecule has 1 N–H and O–H groups in total. The first kappa shape index (κ1) is 17.3. The van der Waals surface area contributed by atoms with Crippen molar-refractivity contribution in [1.29, 1.82) is 0 Å². The molecule has 2 unspecified atom stereocenters. The molecule has 0 aromatic heterocycles. The molecule has 2 nitrogen and oxygen atoms in total. The molecule has 0 amide bonds. The van der Waals surface area contributed by atoms with E-state index in [2.05, 4.69) is 19.1 Å². The van der Waals surface area contributed by atoms with Crippen molar-refractivity contribution in [2.45, 2.75) is 84.0 Å². The lowest BCUT2D eigenvalue weighted by Gasteiger charge is -2.22. The van der Waals surface area contributed by atoms with Crippen molar-refractivity contribution >= 4 is 5.97 Å². The van der Waals surface area contributed by atoms with E-state index in [4.69, 9.17) is 5.11 Å². The minimum atomic E-state index is -0.658. The predicted molar refractivity (Wildman–Crippen MR) is 84.8 cm³/mol. The van der Waals surface area contributed by atoms with Gasteiger partial charge in [0.15, 0.2) is 0 Å². The van der Waals surface area contributed by atoms with Gasteiger partial charge in [-0.15, -0.1) is 0 Å². The molecule has 2 heteroatoms. The molecular weight excluding hydrogens is 248 g/mol. The molecule has 1 rings (SSSR count). The Bertz CT molecular complexity index is 283. The van der Waals surface area contributed by atoms with Crippen LogP contribution >= 0.6 is 0 Å². The maximum Gasteiger partial charge on any atom is 0.303 e. The second kappa shape index (κ2) is 10.9. The van der Waals surface area contributed by atoms with Gasteiger partial charge in [-0.25, -0.2) is 0 Å². The lowest BCUT2D eigenvalue weighted by atomic mass is 9.83. The van der Waals surface area contributed by atoms with E-state index in [0.29, 0.717) is 6.42 Å². The molecule has 0 aliphatic heterocycles. The summed E-state index contributed by atoms with van der Waals surface area (Å²) >= 11 is 0.